The molecule has 1 rings (SSSR count). The van der Waals surface area contributed by atoms with Crippen molar-refractivity contribution in [1.29, 1.82) is 0 Å². The van der Waals surface area contributed by atoms with Gasteiger partial charge in [0, 0.05) is 5.69 Å². The number of hydrogen-bond donors (Lipinski definition) is 4. The van der Waals surface area contributed by atoms with Gasteiger partial charge in [-0.25, -0.2) is 9.59 Å². The van der Waals surface area contributed by atoms with Gasteiger partial charge in [0.05, 0.1) is 5.56 Å². The van der Waals surface area contributed by atoms with E-state index >= 15 is 0 Å². The Morgan fingerprint density at radius 3 is 1.75 bits per heavy atom. The SMILES string of the molecule is NC(=O)C(=O)O.Nc1ccccc1C(=O)O. The van der Waals surface area contributed by atoms with Crippen molar-refractivity contribution in [2.24, 2.45) is 5.73 Å². The molecule has 0 spiro atoms. The minimum absolute atomic E-state index is 0.155. The molecule has 0 radical (unpaired) electrons. The normalized spacial score (nSPS) is 8.50. The summed E-state index contributed by atoms with van der Waals surface area (Å²) < 4.78 is 0. The number of hydrogen-bond acceptors (Lipinski definition) is 4. The fourth-order valence-corrected chi connectivity index (χ4v) is 0.692. The third-order valence-corrected chi connectivity index (χ3v) is 1.40. The lowest BCUT2D eigenvalue weighted by atomic mass is 10.2. The molecule has 0 saturated heterocycles. The molecule has 0 fully saturated rings. The number of amides is 1. The van der Waals surface area contributed by atoms with Crippen molar-refractivity contribution >= 4 is 23.5 Å². The number of primary amides is 1. The van der Waals surface area contributed by atoms with Gasteiger partial charge in [-0.1, -0.05) is 12.1 Å². The number of carboxylic acid groups (broad SMARTS) is 2. The molecule has 1 amide bonds. The van der Waals surface area contributed by atoms with Gasteiger partial charge in [0.25, 0.3) is 0 Å². The van der Waals surface area contributed by atoms with Gasteiger partial charge in [0.15, 0.2) is 0 Å². The number of aliphatic carboxylic acids is 1. The van der Waals surface area contributed by atoms with E-state index in [4.69, 9.17) is 15.9 Å². The lowest BCUT2D eigenvalue weighted by Crippen LogP contribution is -2.21. The molecule has 7 heteroatoms. The molecule has 0 aromatic heterocycles. The fraction of sp³-hybridized carbons (Fsp3) is 0. The van der Waals surface area contributed by atoms with Crippen LogP contribution >= 0.6 is 0 Å². The molecule has 86 valence electrons. The molecule has 0 saturated carbocycles. The molecular weight excluding hydrogens is 216 g/mol. The molecule has 7 nitrogen and oxygen atoms in total. The monoisotopic (exact) mass is 226 g/mol. The minimum atomic E-state index is -1.60. The molecular formula is C9H10N2O5. The van der Waals surface area contributed by atoms with Crippen molar-refractivity contribution in [3.05, 3.63) is 29.8 Å². The maximum Gasteiger partial charge on any atom is 0.394 e. The maximum absolute atomic E-state index is 10.3. The van der Waals surface area contributed by atoms with Crippen LogP contribution in [0, 0.1) is 0 Å². The van der Waals surface area contributed by atoms with Gasteiger partial charge in [-0.05, 0) is 12.1 Å². The Kier molecular flexibility index (Phi) is 5.05. The van der Waals surface area contributed by atoms with Gasteiger partial charge in [-0.3, -0.25) is 4.79 Å². The van der Waals surface area contributed by atoms with E-state index < -0.39 is 17.8 Å². The average molecular weight is 226 g/mol. The molecule has 0 atom stereocenters. The first-order chi connectivity index (χ1) is 7.36. The van der Waals surface area contributed by atoms with Crippen LogP contribution in [0.3, 0.4) is 0 Å². The standard InChI is InChI=1S/C7H7NO2.C2H3NO3/c8-6-4-2-1-3-5(6)7(9)10;3-1(4)2(5)6/h1-4H,8H2,(H,9,10);(H2,3,4)(H,5,6). The first-order valence-corrected chi connectivity index (χ1v) is 3.96. The van der Waals surface area contributed by atoms with E-state index in [9.17, 15) is 14.4 Å². The van der Waals surface area contributed by atoms with Gasteiger partial charge >= 0.3 is 17.8 Å². The Bertz CT molecular complexity index is 404. The van der Waals surface area contributed by atoms with Crippen molar-refractivity contribution in [2.45, 2.75) is 0 Å². The quantitative estimate of drug-likeness (QED) is 0.376. The van der Waals surface area contributed by atoms with Gasteiger partial charge < -0.3 is 21.7 Å². The summed E-state index contributed by atoms with van der Waals surface area (Å²) >= 11 is 0. The molecule has 16 heavy (non-hydrogen) atoms. The fourth-order valence-electron chi connectivity index (χ4n) is 0.692. The van der Waals surface area contributed by atoms with Crippen molar-refractivity contribution in [3.63, 3.8) is 0 Å². The highest BCUT2D eigenvalue weighted by Crippen LogP contribution is 2.08. The van der Waals surface area contributed by atoms with Crippen LogP contribution in [-0.4, -0.2) is 28.1 Å². The van der Waals surface area contributed by atoms with Crippen molar-refractivity contribution < 1.29 is 24.6 Å². The lowest BCUT2D eigenvalue weighted by Gasteiger charge is -1.96. The van der Waals surface area contributed by atoms with Crippen LogP contribution in [-0.2, 0) is 9.59 Å². The zero-order valence-corrected chi connectivity index (χ0v) is 8.08. The Morgan fingerprint density at radius 2 is 1.50 bits per heavy atom. The van der Waals surface area contributed by atoms with Crippen LogP contribution in [0.25, 0.3) is 0 Å². The van der Waals surface area contributed by atoms with Gasteiger partial charge in [-0.2, -0.15) is 0 Å². The third kappa shape index (κ3) is 4.61. The lowest BCUT2D eigenvalue weighted by molar-refractivity contribution is -0.148. The molecule has 1 aromatic carbocycles. The topological polar surface area (TPSA) is 144 Å². The van der Waals surface area contributed by atoms with Crippen LogP contribution in [0.4, 0.5) is 5.69 Å². The summed E-state index contributed by atoms with van der Waals surface area (Å²) in [6.45, 7) is 0. The molecule has 1 aromatic rings. The number of aromatic carboxylic acids is 1. The number of rotatable bonds is 1. The summed E-state index contributed by atoms with van der Waals surface area (Å²) in [5, 5.41) is 16.0. The molecule has 0 bridgehead atoms. The van der Waals surface area contributed by atoms with Gasteiger partial charge in [-0.15, -0.1) is 0 Å². The number of para-hydroxylation sites is 1. The number of carbonyl (C=O) groups is 3. The molecule has 0 aliphatic rings. The third-order valence-electron chi connectivity index (χ3n) is 1.40. The van der Waals surface area contributed by atoms with E-state index in [0.717, 1.165) is 0 Å². The molecule has 0 aliphatic heterocycles. The van der Waals surface area contributed by atoms with E-state index in [-0.39, 0.29) is 5.56 Å². The number of benzene rings is 1. The zero-order chi connectivity index (χ0) is 12.7. The minimum Gasteiger partial charge on any atom is -0.478 e. The second-order valence-corrected chi connectivity index (χ2v) is 2.56. The van der Waals surface area contributed by atoms with E-state index in [2.05, 4.69) is 5.73 Å². The van der Waals surface area contributed by atoms with E-state index in [1.165, 1.54) is 6.07 Å². The predicted molar refractivity (Wildman–Crippen MR) is 54.6 cm³/mol. The highest BCUT2D eigenvalue weighted by atomic mass is 16.4. The number of anilines is 1. The summed E-state index contributed by atoms with van der Waals surface area (Å²) in [6, 6.07) is 6.36. The van der Waals surface area contributed by atoms with E-state index in [1.54, 1.807) is 18.2 Å². The van der Waals surface area contributed by atoms with E-state index in [0.29, 0.717) is 5.69 Å². The van der Waals surface area contributed by atoms with Crippen molar-refractivity contribution in [3.8, 4) is 0 Å². The Morgan fingerprint density at radius 1 is 1.06 bits per heavy atom. The maximum atomic E-state index is 10.3. The highest BCUT2D eigenvalue weighted by Gasteiger charge is 2.03. The number of carboxylic acids is 2. The summed E-state index contributed by atoms with van der Waals surface area (Å²) in [6.07, 6.45) is 0. The smallest absolute Gasteiger partial charge is 0.394 e. The van der Waals surface area contributed by atoms with Crippen LogP contribution in [0.2, 0.25) is 0 Å². The first-order valence-electron chi connectivity index (χ1n) is 3.96. The summed E-state index contributed by atoms with van der Waals surface area (Å²) in [4.78, 5) is 28.9. The van der Waals surface area contributed by atoms with Gasteiger partial charge in [0.2, 0.25) is 0 Å². The predicted octanol–water partition coefficient (Wildman–Crippen LogP) is -0.477. The molecule has 0 heterocycles. The van der Waals surface area contributed by atoms with Crippen LogP contribution < -0.4 is 11.5 Å². The molecule has 0 unspecified atom stereocenters. The Hall–Kier alpha value is -2.57. The van der Waals surface area contributed by atoms with E-state index in [1.807, 2.05) is 0 Å². The van der Waals surface area contributed by atoms with Crippen LogP contribution in [0.1, 0.15) is 10.4 Å². The van der Waals surface area contributed by atoms with Crippen LogP contribution in [0.5, 0.6) is 0 Å². The average Bonchev–Trinajstić information content (AvgIpc) is 2.18. The Labute approximate surface area is 90.3 Å². The van der Waals surface area contributed by atoms with Gasteiger partial charge in [0.1, 0.15) is 0 Å². The van der Waals surface area contributed by atoms with Crippen LogP contribution in [0.15, 0.2) is 24.3 Å². The molecule has 6 N–H and O–H groups in total. The summed E-state index contributed by atoms with van der Waals surface area (Å²) in [5.74, 6) is -3.91. The summed E-state index contributed by atoms with van der Waals surface area (Å²) in [7, 11) is 0. The zero-order valence-electron chi connectivity index (χ0n) is 8.08. The van der Waals surface area contributed by atoms with Crippen molar-refractivity contribution in [2.75, 3.05) is 5.73 Å². The Balaban J connectivity index is 0.000000325. The highest BCUT2D eigenvalue weighted by molar-refractivity contribution is 6.30. The first kappa shape index (κ1) is 13.4. The largest absolute Gasteiger partial charge is 0.478 e. The second-order valence-electron chi connectivity index (χ2n) is 2.56. The van der Waals surface area contributed by atoms with Crippen molar-refractivity contribution in [1.82, 2.24) is 0 Å². The molecule has 0 aliphatic carbocycles. The number of nitrogens with two attached hydrogens (primary N) is 2. The summed E-state index contributed by atoms with van der Waals surface area (Å²) in [5.41, 5.74) is 9.99. The number of carbonyl (C=O) groups excluding carboxylic acids is 1. The second kappa shape index (κ2) is 6.02. The number of nitrogen functional groups attached to an aromatic ring is 1.